The number of likely N-dealkylation sites (N-methyl/N-ethyl adjacent to an activating group) is 1. The number of carbonyl (C=O) groups is 3. The van der Waals surface area contributed by atoms with Crippen LogP contribution >= 0.6 is 11.6 Å². The highest BCUT2D eigenvalue weighted by molar-refractivity contribution is 6.30. The molecule has 0 bridgehead atoms. The zero-order valence-electron chi connectivity index (χ0n) is 20.8. The summed E-state index contributed by atoms with van der Waals surface area (Å²) in [7, 11) is 2.95. The molecule has 5 atom stereocenters. The molecule has 0 aliphatic heterocycles. The van der Waals surface area contributed by atoms with Crippen LogP contribution in [-0.2, 0) is 9.59 Å². The van der Waals surface area contributed by atoms with Gasteiger partial charge in [0, 0.05) is 10.9 Å². The highest BCUT2D eigenvalue weighted by atomic mass is 35.5. The van der Waals surface area contributed by atoms with Gasteiger partial charge in [-0.3, -0.25) is 19.3 Å². The zero-order valence-corrected chi connectivity index (χ0v) is 21.5. The topological polar surface area (TPSA) is 182 Å². The largest absolute Gasteiger partial charge is 0.510 e. The molecule has 0 radical (unpaired) electrons. The molecule has 0 saturated carbocycles. The molecule has 39 heavy (non-hydrogen) atoms. The second-order valence-corrected chi connectivity index (χ2v) is 10.5. The number of nitrogens with zero attached hydrogens (tertiary/aromatic N) is 1. The lowest BCUT2D eigenvalue weighted by molar-refractivity contribution is -0.159. The van der Waals surface area contributed by atoms with E-state index in [0.29, 0.717) is 10.6 Å². The monoisotopic (exact) mass is 552 g/mol. The van der Waals surface area contributed by atoms with Gasteiger partial charge < -0.3 is 31.3 Å². The second kappa shape index (κ2) is 9.06. The van der Waals surface area contributed by atoms with Crippen molar-refractivity contribution in [1.29, 1.82) is 0 Å². The van der Waals surface area contributed by atoms with Crippen molar-refractivity contribution < 1.29 is 39.9 Å². The van der Waals surface area contributed by atoms with Crippen LogP contribution in [-0.4, -0.2) is 79.7 Å². The first-order chi connectivity index (χ1) is 18.3. The Kier molecular flexibility index (Phi) is 6.19. The molecule has 2 aromatic rings. The third-order valence-corrected chi connectivity index (χ3v) is 7.94. The number of fused-ring (bicyclic) bond motifs is 3. The Labute approximate surface area is 227 Å². The summed E-state index contributed by atoms with van der Waals surface area (Å²) in [5, 5.41) is 57.2. The first-order valence-electron chi connectivity index (χ1n) is 11.9. The van der Waals surface area contributed by atoms with Gasteiger partial charge in [0.2, 0.25) is 5.78 Å². The molecule has 1 amide bonds. The number of hydrogen-bond acceptors (Lipinski definition) is 9. The lowest BCUT2D eigenvalue weighted by atomic mass is 9.56. The van der Waals surface area contributed by atoms with E-state index in [-0.39, 0.29) is 16.7 Å². The summed E-state index contributed by atoms with van der Waals surface area (Å²) in [6, 6.07) is 9.66. The van der Waals surface area contributed by atoms with Gasteiger partial charge in [-0.1, -0.05) is 41.9 Å². The fourth-order valence-electron chi connectivity index (χ4n) is 6.09. The lowest BCUT2D eigenvalue weighted by Gasteiger charge is -2.52. The van der Waals surface area contributed by atoms with E-state index >= 15 is 0 Å². The van der Waals surface area contributed by atoms with Crippen LogP contribution < -0.4 is 5.73 Å². The highest BCUT2D eigenvalue weighted by Crippen LogP contribution is 2.55. The Balaban J connectivity index is 1.87. The van der Waals surface area contributed by atoms with Gasteiger partial charge in [0.1, 0.15) is 22.8 Å². The molecular weight excluding hydrogens is 528 g/mol. The SMILES string of the molecule is CN(C)C1C(O)=C(C(N)=O)C(=O)C2(O)C(O)=C3C(=O)c4c(O)cccc4/C(=C\c4cccc(Cl)c4)C3C(O)C12. The molecule has 5 unspecified atom stereocenters. The first kappa shape index (κ1) is 26.6. The predicted molar refractivity (Wildman–Crippen MR) is 141 cm³/mol. The van der Waals surface area contributed by atoms with Gasteiger partial charge >= 0.3 is 0 Å². The summed E-state index contributed by atoms with van der Waals surface area (Å²) in [6.07, 6.45) is -0.138. The molecule has 0 spiro atoms. The molecule has 5 rings (SSSR count). The maximum absolute atomic E-state index is 13.8. The van der Waals surface area contributed by atoms with Crippen molar-refractivity contribution in [2.24, 2.45) is 17.6 Å². The number of phenols is 1. The van der Waals surface area contributed by atoms with Crippen molar-refractivity contribution in [3.8, 4) is 5.75 Å². The highest BCUT2D eigenvalue weighted by Gasteiger charge is 2.67. The number of phenolic OH excluding ortho intramolecular Hbond substituents is 1. The van der Waals surface area contributed by atoms with E-state index in [4.69, 9.17) is 17.3 Å². The van der Waals surface area contributed by atoms with Crippen LogP contribution in [0.5, 0.6) is 5.75 Å². The molecule has 0 aromatic heterocycles. The summed E-state index contributed by atoms with van der Waals surface area (Å²) < 4.78 is 0. The summed E-state index contributed by atoms with van der Waals surface area (Å²) in [5.41, 5.74) is 1.77. The predicted octanol–water partition coefficient (Wildman–Crippen LogP) is 1.74. The number of halogens is 1. The van der Waals surface area contributed by atoms with Crippen molar-refractivity contribution in [1.82, 2.24) is 4.90 Å². The van der Waals surface area contributed by atoms with Crippen LogP contribution in [0.15, 0.2) is 65.1 Å². The number of ketones is 2. The molecule has 3 aliphatic carbocycles. The lowest BCUT2D eigenvalue weighted by Crippen LogP contribution is -2.68. The van der Waals surface area contributed by atoms with Crippen LogP contribution in [0.1, 0.15) is 21.5 Å². The van der Waals surface area contributed by atoms with E-state index in [1.54, 1.807) is 36.4 Å². The summed E-state index contributed by atoms with van der Waals surface area (Å²) in [4.78, 5) is 40.8. The average molecular weight is 553 g/mol. The van der Waals surface area contributed by atoms with Crippen LogP contribution in [0.25, 0.3) is 11.6 Å². The Morgan fingerprint density at radius 3 is 2.38 bits per heavy atom. The molecule has 7 N–H and O–H groups in total. The van der Waals surface area contributed by atoms with Crippen molar-refractivity contribution in [2.75, 3.05) is 14.1 Å². The van der Waals surface area contributed by atoms with Gasteiger partial charge in [-0.05, 0) is 49.0 Å². The number of aliphatic hydroxyl groups is 4. The van der Waals surface area contributed by atoms with Crippen molar-refractivity contribution in [3.05, 3.63) is 86.8 Å². The number of Topliss-reactive ketones (excluding diaryl/α,β-unsaturated/α-hetero) is 2. The number of aromatic hydroxyl groups is 1. The molecular formula is C28H25ClN2O8. The Bertz CT molecular complexity index is 1560. The maximum Gasteiger partial charge on any atom is 0.255 e. The zero-order chi connectivity index (χ0) is 28.5. The van der Waals surface area contributed by atoms with E-state index in [1.807, 2.05) is 0 Å². The molecule has 10 nitrogen and oxygen atoms in total. The number of primary amides is 1. The number of hydrogen-bond donors (Lipinski definition) is 6. The third kappa shape index (κ3) is 3.64. The fourth-order valence-corrected chi connectivity index (χ4v) is 6.29. The van der Waals surface area contributed by atoms with Crippen molar-refractivity contribution in [3.63, 3.8) is 0 Å². The van der Waals surface area contributed by atoms with Crippen LogP contribution in [0, 0.1) is 11.8 Å². The van der Waals surface area contributed by atoms with Crippen molar-refractivity contribution >= 4 is 40.7 Å². The van der Waals surface area contributed by atoms with Crippen molar-refractivity contribution in [2.45, 2.75) is 17.7 Å². The Morgan fingerprint density at radius 1 is 1.10 bits per heavy atom. The van der Waals surface area contributed by atoms with E-state index in [0.717, 1.165) is 0 Å². The Hall–Kier alpha value is -3.96. The number of carbonyl (C=O) groups excluding carboxylic acids is 3. The molecule has 0 heterocycles. The van der Waals surface area contributed by atoms with Crippen LogP contribution in [0.3, 0.4) is 0 Å². The third-order valence-electron chi connectivity index (χ3n) is 7.70. The van der Waals surface area contributed by atoms with Crippen LogP contribution in [0.2, 0.25) is 5.02 Å². The molecule has 202 valence electrons. The smallest absolute Gasteiger partial charge is 0.255 e. The first-order valence-corrected chi connectivity index (χ1v) is 12.3. The minimum atomic E-state index is -2.99. The maximum atomic E-state index is 13.8. The molecule has 2 aromatic carbocycles. The van der Waals surface area contributed by atoms with E-state index in [9.17, 15) is 39.9 Å². The van der Waals surface area contributed by atoms with Gasteiger partial charge in [0.05, 0.1) is 29.2 Å². The van der Waals surface area contributed by atoms with Gasteiger partial charge in [0.15, 0.2) is 11.4 Å². The fraction of sp³-hybridized carbons (Fsp3) is 0.250. The van der Waals surface area contributed by atoms with E-state index in [1.165, 1.54) is 31.1 Å². The van der Waals surface area contributed by atoms with Gasteiger partial charge in [-0.15, -0.1) is 0 Å². The number of amides is 1. The van der Waals surface area contributed by atoms with E-state index < -0.39 is 75.5 Å². The van der Waals surface area contributed by atoms with Gasteiger partial charge in [-0.25, -0.2) is 0 Å². The van der Waals surface area contributed by atoms with Gasteiger partial charge in [0.25, 0.3) is 5.91 Å². The number of nitrogens with two attached hydrogens (primary N) is 1. The molecule has 0 saturated heterocycles. The van der Waals surface area contributed by atoms with E-state index in [2.05, 4.69) is 0 Å². The average Bonchev–Trinajstić information content (AvgIpc) is 2.85. The molecule has 0 fully saturated rings. The normalized spacial score (nSPS) is 29.4. The quantitative estimate of drug-likeness (QED) is 0.309. The number of rotatable bonds is 3. The molecule has 11 heteroatoms. The number of aliphatic hydroxyl groups excluding tert-OH is 3. The molecule has 3 aliphatic rings. The van der Waals surface area contributed by atoms with Gasteiger partial charge in [-0.2, -0.15) is 0 Å². The summed E-state index contributed by atoms with van der Waals surface area (Å²) in [6.45, 7) is 0. The summed E-state index contributed by atoms with van der Waals surface area (Å²) in [5.74, 6) is -8.97. The summed E-state index contributed by atoms with van der Waals surface area (Å²) >= 11 is 6.17. The number of benzene rings is 2. The minimum absolute atomic E-state index is 0.209. The van der Waals surface area contributed by atoms with Crippen LogP contribution in [0.4, 0.5) is 0 Å². The standard InChI is InChI=1S/C28H25ClN2O8/c1-31(2)21-20-23(34)17-14(10-11-5-3-6-12(29)9-11)13-7-4-8-15(32)16(13)22(33)18(17)25(36)28(20,39)26(37)19(24(21)35)27(30)38/h3-10,17,20-21,23,32,34-36,39H,1-2H3,(H2,30,38)/b14-10+. The Morgan fingerprint density at radius 2 is 1.77 bits per heavy atom. The minimum Gasteiger partial charge on any atom is -0.510 e. The second-order valence-electron chi connectivity index (χ2n) is 10.1.